The van der Waals surface area contributed by atoms with E-state index in [2.05, 4.69) is 5.32 Å². The van der Waals surface area contributed by atoms with Crippen LogP contribution >= 0.6 is 12.4 Å². The SMILES string of the molecule is CC1(N)CCCCC1C(=O)Nc1ccc(C(=O)N2CCCCCC2)cc1.Cl. The molecule has 2 aliphatic rings. The molecule has 5 nitrogen and oxygen atoms in total. The van der Waals surface area contributed by atoms with Crippen molar-refractivity contribution >= 4 is 29.9 Å². The molecule has 2 atom stereocenters. The topological polar surface area (TPSA) is 75.4 Å². The molecule has 6 heteroatoms. The summed E-state index contributed by atoms with van der Waals surface area (Å²) in [5.41, 5.74) is 7.30. The normalized spacial score (nSPS) is 25.9. The summed E-state index contributed by atoms with van der Waals surface area (Å²) in [7, 11) is 0. The van der Waals surface area contributed by atoms with Gasteiger partial charge in [0.1, 0.15) is 0 Å². The fraction of sp³-hybridized carbons (Fsp3) is 0.619. The van der Waals surface area contributed by atoms with E-state index in [1.54, 1.807) is 0 Å². The monoisotopic (exact) mass is 393 g/mol. The number of halogens is 1. The number of benzene rings is 1. The van der Waals surface area contributed by atoms with Crippen molar-refractivity contribution in [2.24, 2.45) is 11.7 Å². The number of amides is 2. The average molecular weight is 394 g/mol. The Morgan fingerprint density at radius 2 is 1.67 bits per heavy atom. The van der Waals surface area contributed by atoms with Crippen molar-refractivity contribution in [2.45, 2.75) is 63.8 Å². The molecule has 0 radical (unpaired) electrons. The van der Waals surface area contributed by atoms with E-state index in [9.17, 15) is 9.59 Å². The van der Waals surface area contributed by atoms with Gasteiger partial charge in [0.2, 0.25) is 5.91 Å². The number of rotatable bonds is 3. The number of carbonyl (C=O) groups is 2. The highest BCUT2D eigenvalue weighted by Gasteiger charge is 2.37. The first-order valence-corrected chi connectivity index (χ1v) is 9.96. The zero-order valence-corrected chi connectivity index (χ0v) is 17.0. The minimum absolute atomic E-state index is 0. The van der Waals surface area contributed by atoms with Crippen molar-refractivity contribution < 1.29 is 9.59 Å². The minimum atomic E-state index is -0.439. The largest absolute Gasteiger partial charge is 0.339 e. The molecule has 3 rings (SSSR count). The standard InChI is InChI=1S/C21H31N3O2.ClH/c1-21(22)13-5-4-8-18(21)19(25)23-17-11-9-16(10-12-17)20(26)24-14-6-2-3-7-15-24;/h9-12,18H,2-8,13-15,22H2,1H3,(H,23,25);1H. The summed E-state index contributed by atoms with van der Waals surface area (Å²) >= 11 is 0. The fourth-order valence-corrected chi connectivity index (χ4v) is 4.17. The molecule has 0 spiro atoms. The van der Waals surface area contributed by atoms with Crippen molar-refractivity contribution in [3.8, 4) is 0 Å². The van der Waals surface area contributed by atoms with Crippen LogP contribution in [0.15, 0.2) is 24.3 Å². The molecule has 2 fully saturated rings. The molecule has 0 bridgehead atoms. The van der Waals surface area contributed by atoms with Gasteiger partial charge in [-0.05, 0) is 56.9 Å². The Kier molecular flexibility index (Phi) is 7.68. The summed E-state index contributed by atoms with van der Waals surface area (Å²) in [5.74, 6) is -0.0810. The second kappa shape index (κ2) is 9.56. The van der Waals surface area contributed by atoms with Crippen molar-refractivity contribution in [3.63, 3.8) is 0 Å². The van der Waals surface area contributed by atoms with Crippen LogP contribution in [-0.4, -0.2) is 35.3 Å². The van der Waals surface area contributed by atoms with Crippen LogP contribution in [0, 0.1) is 5.92 Å². The van der Waals surface area contributed by atoms with Gasteiger partial charge in [0.15, 0.2) is 0 Å². The number of carbonyl (C=O) groups excluding carboxylic acids is 2. The Morgan fingerprint density at radius 1 is 1.04 bits per heavy atom. The maximum atomic E-state index is 12.6. The molecule has 150 valence electrons. The van der Waals surface area contributed by atoms with E-state index in [4.69, 9.17) is 5.73 Å². The van der Waals surface area contributed by atoms with Crippen LogP contribution in [0.1, 0.15) is 68.6 Å². The molecule has 0 aromatic heterocycles. The highest BCUT2D eigenvalue weighted by Crippen LogP contribution is 2.32. The third kappa shape index (κ3) is 5.45. The van der Waals surface area contributed by atoms with Crippen LogP contribution in [0.2, 0.25) is 0 Å². The van der Waals surface area contributed by atoms with Gasteiger partial charge in [-0.2, -0.15) is 0 Å². The zero-order chi connectivity index (χ0) is 18.6. The van der Waals surface area contributed by atoms with Gasteiger partial charge < -0.3 is 16.0 Å². The van der Waals surface area contributed by atoms with Gasteiger partial charge in [0.05, 0.1) is 5.92 Å². The van der Waals surface area contributed by atoms with Crippen molar-refractivity contribution in [2.75, 3.05) is 18.4 Å². The summed E-state index contributed by atoms with van der Waals surface area (Å²) in [6.45, 7) is 3.65. The molecule has 2 amide bonds. The van der Waals surface area contributed by atoms with Crippen LogP contribution < -0.4 is 11.1 Å². The van der Waals surface area contributed by atoms with E-state index in [-0.39, 0.29) is 30.1 Å². The van der Waals surface area contributed by atoms with E-state index < -0.39 is 5.54 Å². The van der Waals surface area contributed by atoms with Gasteiger partial charge in [0.25, 0.3) is 5.91 Å². The number of nitrogens with two attached hydrogens (primary N) is 1. The first kappa shape index (κ1) is 21.7. The fourth-order valence-electron chi connectivity index (χ4n) is 4.17. The first-order chi connectivity index (χ1) is 12.5. The lowest BCUT2D eigenvalue weighted by Crippen LogP contribution is -2.51. The van der Waals surface area contributed by atoms with Crippen LogP contribution in [0.25, 0.3) is 0 Å². The van der Waals surface area contributed by atoms with E-state index in [1.165, 1.54) is 12.8 Å². The predicted molar refractivity (Wildman–Crippen MR) is 111 cm³/mol. The Morgan fingerprint density at radius 3 is 2.26 bits per heavy atom. The van der Waals surface area contributed by atoms with Crippen LogP contribution in [0.5, 0.6) is 0 Å². The van der Waals surface area contributed by atoms with E-state index in [1.807, 2.05) is 36.1 Å². The van der Waals surface area contributed by atoms with Gasteiger partial charge in [-0.15, -0.1) is 12.4 Å². The molecule has 1 aliphatic carbocycles. The quantitative estimate of drug-likeness (QED) is 0.815. The van der Waals surface area contributed by atoms with Gasteiger partial charge in [-0.25, -0.2) is 0 Å². The number of hydrogen-bond acceptors (Lipinski definition) is 3. The second-order valence-corrected chi connectivity index (χ2v) is 8.08. The van der Waals surface area contributed by atoms with Crippen LogP contribution in [-0.2, 0) is 4.79 Å². The Hall–Kier alpha value is -1.59. The van der Waals surface area contributed by atoms with Crippen molar-refractivity contribution in [3.05, 3.63) is 29.8 Å². The molecule has 1 heterocycles. The Bertz CT molecular complexity index is 637. The van der Waals surface area contributed by atoms with Crippen LogP contribution in [0.3, 0.4) is 0 Å². The summed E-state index contributed by atoms with van der Waals surface area (Å²) in [5, 5.41) is 2.98. The maximum Gasteiger partial charge on any atom is 0.253 e. The number of nitrogens with one attached hydrogen (secondary N) is 1. The third-order valence-electron chi connectivity index (χ3n) is 5.86. The first-order valence-electron chi connectivity index (χ1n) is 9.96. The van der Waals surface area contributed by atoms with Gasteiger partial charge in [-0.3, -0.25) is 9.59 Å². The summed E-state index contributed by atoms with van der Waals surface area (Å²) in [4.78, 5) is 27.2. The highest BCUT2D eigenvalue weighted by molar-refractivity contribution is 5.96. The van der Waals surface area contributed by atoms with Crippen molar-refractivity contribution in [1.82, 2.24) is 4.90 Å². The van der Waals surface area contributed by atoms with Gasteiger partial charge in [-0.1, -0.05) is 25.7 Å². The number of anilines is 1. The molecule has 1 aromatic carbocycles. The highest BCUT2D eigenvalue weighted by atomic mass is 35.5. The molecule has 1 saturated heterocycles. The molecule has 1 aromatic rings. The number of nitrogens with zero attached hydrogens (tertiary/aromatic N) is 1. The van der Waals surface area contributed by atoms with E-state index in [0.29, 0.717) is 5.56 Å². The van der Waals surface area contributed by atoms with Crippen molar-refractivity contribution in [1.29, 1.82) is 0 Å². The van der Waals surface area contributed by atoms with Gasteiger partial charge in [0, 0.05) is 29.9 Å². The predicted octanol–water partition coefficient (Wildman–Crippen LogP) is 3.97. The number of hydrogen-bond donors (Lipinski definition) is 2. The molecule has 27 heavy (non-hydrogen) atoms. The summed E-state index contributed by atoms with van der Waals surface area (Å²) in [6, 6.07) is 7.26. The lowest BCUT2D eigenvalue weighted by molar-refractivity contribution is -0.122. The lowest BCUT2D eigenvalue weighted by atomic mass is 9.74. The molecule has 1 aliphatic heterocycles. The average Bonchev–Trinajstić information content (AvgIpc) is 2.90. The minimum Gasteiger partial charge on any atom is -0.339 e. The van der Waals surface area contributed by atoms with E-state index >= 15 is 0 Å². The molecular weight excluding hydrogens is 362 g/mol. The Labute approximate surface area is 168 Å². The van der Waals surface area contributed by atoms with Crippen LogP contribution in [0.4, 0.5) is 5.69 Å². The maximum absolute atomic E-state index is 12.6. The molecular formula is C21H32ClN3O2. The lowest BCUT2D eigenvalue weighted by Gasteiger charge is -2.37. The third-order valence-corrected chi connectivity index (χ3v) is 5.86. The molecule has 3 N–H and O–H groups in total. The molecule has 2 unspecified atom stereocenters. The number of likely N-dealkylation sites (tertiary alicyclic amines) is 1. The zero-order valence-electron chi connectivity index (χ0n) is 16.2. The summed E-state index contributed by atoms with van der Waals surface area (Å²) in [6.07, 6.45) is 8.43. The van der Waals surface area contributed by atoms with E-state index in [0.717, 1.165) is 57.3 Å². The summed E-state index contributed by atoms with van der Waals surface area (Å²) < 4.78 is 0. The second-order valence-electron chi connectivity index (χ2n) is 8.08. The van der Waals surface area contributed by atoms with Gasteiger partial charge >= 0.3 is 0 Å². The molecule has 1 saturated carbocycles. The Balaban J connectivity index is 0.00000261. The smallest absolute Gasteiger partial charge is 0.253 e.